The summed E-state index contributed by atoms with van der Waals surface area (Å²) < 4.78 is 5.35. The lowest BCUT2D eigenvalue weighted by Crippen LogP contribution is -2.15. The van der Waals surface area contributed by atoms with Crippen LogP contribution in [0.3, 0.4) is 0 Å². The van der Waals surface area contributed by atoms with Gasteiger partial charge in [0.1, 0.15) is 6.61 Å². The third-order valence-corrected chi connectivity index (χ3v) is 2.85. The number of carbonyl (C=O) groups is 1. The van der Waals surface area contributed by atoms with E-state index in [-0.39, 0.29) is 18.5 Å². The lowest BCUT2D eigenvalue weighted by Gasteiger charge is -2.10. The van der Waals surface area contributed by atoms with Crippen molar-refractivity contribution in [3.8, 4) is 0 Å². The summed E-state index contributed by atoms with van der Waals surface area (Å²) in [6, 6.07) is 4.82. The zero-order valence-corrected chi connectivity index (χ0v) is 10.8. The van der Waals surface area contributed by atoms with Crippen molar-refractivity contribution in [2.45, 2.75) is 26.4 Å². The minimum Gasteiger partial charge on any atom is -0.370 e. The highest BCUT2D eigenvalue weighted by molar-refractivity contribution is 6.36. The van der Waals surface area contributed by atoms with Crippen LogP contribution in [0.4, 0.5) is 0 Å². The Morgan fingerprint density at radius 2 is 2.12 bits per heavy atom. The molecule has 0 bridgehead atoms. The SMILES string of the molecule is CCC(C)OCC(=O)c1ccc(Cl)cc1Cl. The van der Waals surface area contributed by atoms with Crippen molar-refractivity contribution in [1.82, 2.24) is 0 Å². The molecule has 0 heterocycles. The maximum atomic E-state index is 11.7. The summed E-state index contributed by atoms with van der Waals surface area (Å²) in [5.41, 5.74) is 0.453. The fraction of sp³-hybridized carbons (Fsp3) is 0.417. The van der Waals surface area contributed by atoms with E-state index in [9.17, 15) is 4.79 Å². The first-order valence-electron chi connectivity index (χ1n) is 5.14. The van der Waals surface area contributed by atoms with Crippen molar-refractivity contribution >= 4 is 29.0 Å². The summed E-state index contributed by atoms with van der Waals surface area (Å²) in [4.78, 5) is 11.7. The number of ketones is 1. The van der Waals surface area contributed by atoms with Gasteiger partial charge in [0.15, 0.2) is 5.78 Å². The van der Waals surface area contributed by atoms with Crippen LogP contribution >= 0.6 is 23.2 Å². The van der Waals surface area contributed by atoms with E-state index < -0.39 is 0 Å². The van der Waals surface area contributed by atoms with Crippen molar-refractivity contribution < 1.29 is 9.53 Å². The zero-order chi connectivity index (χ0) is 12.1. The van der Waals surface area contributed by atoms with Crippen molar-refractivity contribution in [3.05, 3.63) is 33.8 Å². The normalized spacial score (nSPS) is 12.5. The second-order valence-electron chi connectivity index (χ2n) is 3.58. The van der Waals surface area contributed by atoms with Crippen molar-refractivity contribution in [2.75, 3.05) is 6.61 Å². The number of halogens is 2. The van der Waals surface area contributed by atoms with Gasteiger partial charge in [0, 0.05) is 10.6 Å². The van der Waals surface area contributed by atoms with Crippen LogP contribution < -0.4 is 0 Å². The maximum absolute atomic E-state index is 11.7. The van der Waals surface area contributed by atoms with Crippen LogP contribution in [0, 0.1) is 0 Å². The Bertz CT molecular complexity index is 377. The summed E-state index contributed by atoms with van der Waals surface area (Å²) in [5.74, 6) is -0.123. The third kappa shape index (κ3) is 3.78. The van der Waals surface area contributed by atoms with Crippen molar-refractivity contribution in [2.24, 2.45) is 0 Å². The van der Waals surface area contributed by atoms with Gasteiger partial charge in [-0.3, -0.25) is 4.79 Å². The number of hydrogen-bond acceptors (Lipinski definition) is 2. The summed E-state index contributed by atoms with van der Waals surface area (Å²) in [5, 5.41) is 0.884. The predicted molar refractivity (Wildman–Crippen MR) is 66.5 cm³/mol. The summed E-state index contributed by atoms with van der Waals surface area (Å²) >= 11 is 11.7. The Hall–Kier alpha value is -0.570. The number of hydrogen-bond donors (Lipinski definition) is 0. The topological polar surface area (TPSA) is 26.3 Å². The molecule has 88 valence electrons. The van der Waals surface area contributed by atoms with E-state index in [2.05, 4.69) is 0 Å². The molecule has 0 radical (unpaired) electrons. The van der Waals surface area contributed by atoms with Crippen LogP contribution in [0.1, 0.15) is 30.6 Å². The molecule has 16 heavy (non-hydrogen) atoms. The minimum absolute atomic E-state index is 0.0519. The molecule has 1 unspecified atom stereocenters. The van der Waals surface area contributed by atoms with Gasteiger partial charge in [0.05, 0.1) is 11.1 Å². The van der Waals surface area contributed by atoms with E-state index >= 15 is 0 Å². The van der Waals surface area contributed by atoms with E-state index in [1.54, 1.807) is 18.2 Å². The Labute approximate surface area is 106 Å². The van der Waals surface area contributed by atoms with E-state index in [1.807, 2.05) is 13.8 Å². The van der Waals surface area contributed by atoms with E-state index in [1.165, 1.54) is 0 Å². The monoisotopic (exact) mass is 260 g/mol. The first-order valence-corrected chi connectivity index (χ1v) is 5.90. The van der Waals surface area contributed by atoms with Gasteiger partial charge in [0.25, 0.3) is 0 Å². The molecule has 1 atom stereocenters. The van der Waals surface area contributed by atoms with Gasteiger partial charge in [-0.05, 0) is 31.5 Å². The molecule has 1 rings (SSSR count). The Balaban J connectivity index is 2.66. The molecule has 0 amide bonds. The molecule has 0 saturated heterocycles. The predicted octanol–water partition coefficient (Wildman–Crippen LogP) is 3.99. The molecule has 2 nitrogen and oxygen atoms in total. The molecule has 0 aliphatic carbocycles. The number of Topliss-reactive ketones (excluding diaryl/α,β-unsaturated/α-hetero) is 1. The van der Waals surface area contributed by atoms with Gasteiger partial charge >= 0.3 is 0 Å². The number of benzene rings is 1. The fourth-order valence-electron chi connectivity index (χ4n) is 1.13. The van der Waals surface area contributed by atoms with E-state index in [0.717, 1.165) is 6.42 Å². The van der Waals surface area contributed by atoms with Crippen LogP contribution in [0.15, 0.2) is 18.2 Å². The Kier molecular flexibility index (Phi) is 5.26. The lowest BCUT2D eigenvalue weighted by atomic mass is 10.1. The molecule has 1 aromatic carbocycles. The summed E-state index contributed by atoms with van der Waals surface area (Å²) in [6.07, 6.45) is 0.955. The highest BCUT2D eigenvalue weighted by Crippen LogP contribution is 2.21. The molecule has 4 heteroatoms. The largest absolute Gasteiger partial charge is 0.370 e. The highest BCUT2D eigenvalue weighted by atomic mass is 35.5. The van der Waals surface area contributed by atoms with Crippen LogP contribution in [-0.4, -0.2) is 18.5 Å². The van der Waals surface area contributed by atoms with Gasteiger partial charge in [-0.15, -0.1) is 0 Å². The number of ether oxygens (including phenoxy) is 1. The summed E-state index contributed by atoms with van der Waals surface area (Å²) in [6.45, 7) is 3.98. The quantitative estimate of drug-likeness (QED) is 0.749. The van der Waals surface area contributed by atoms with Crippen LogP contribution in [0.5, 0.6) is 0 Å². The van der Waals surface area contributed by atoms with Gasteiger partial charge < -0.3 is 4.74 Å². The van der Waals surface area contributed by atoms with Crippen molar-refractivity contribution in [3.63, 3.8) is 0 Å². The minimum atomic E-state index is -0.123. The summed E-state index contributed by atoms with van der Waals surface area (Å²) in [7, 11) is 0. The molecule has 0 aliphatic rings. The van der Waals surface area contributed by atoms with Gasteiger partial charge in [0.2, 0.25) is 0 Å². The standard InChI is InChI=1S/C12H14Cl2O2/c1-3-8(2)16-7-12(15)10-5-4-9(13)6-11(10)14/h4-6,8H,3,7H2,1-2H3. The average Bonchev–Trinajstić information content (AvgIpc) is 2.25. The number of rotatable bonds is 5. The molecular weight excluding hydrogens is 247 g/mol. The van der Waals surface area contributed by atoms with E-state index in [0.29, 0.717) is 15.6 Å². The smallest absolute Gasteiger partial charge is 0.189 e. The highest BCUT2D eigenvalue weighted by Gasteiger charge is 2.12. The molecule has 1 aromatic rings. The second kappa shape index (κ2) is 6.24. The molecule has 0 aromatic heterocycles. The Morgan fingerprint density at radius 1 is 1.44 bits per heavy atom. The first kappa shape index (κ1) is 13.5. The van der Waals surface area contributed by atoms with Gasteiger partial charge in [-0.25, -0.2) is 0 Å². The molecular formula is C12H14Cl2O2. The molecule has 0 saturated carbocycles. The zero-order valence-electron chi connectivity index (χ0n) is 9.30. The third-order valence-electron chi connectivity index (χ3n) is 2.31. The van der Waals surface area contributed by atoms with Crippen LogP contribution in [-0.2, 0) is 4.74 Å². The molecule has 0 aliphatic heterocycles. The molecule has 0 N–H and O–H groups in total. The fourth-order valence-corrected chi connectivity index (χ4v) is 1.64. The average molecular weight is 261 g/mol. The Morgan fingerprint density at radius 3 is 2.69 bits per heavy atom. The van der Waals surface area contributed by atoms with Crippen molar-refractivity contribution in [1.29, 1.82) is 0 Å². The van der Waals surface area contributed by atoms with Crippen LogP contribution in [0.2, 0.25) is 10.0 Å². The second-order valence-corrected chi connectivity index (χ2v) is 4.42. The number of carbonyl (C=O) groups excluding carboxylic acids is 1. The lowest BCUT2D eigenvalue weighted by molar-refractivity contribution is 0.0511. The van der Waals surface area contributed by atoms with Gasteiger partial charge in [-0.1, -0.05) is 30.1 Å². The molecule has 0 fully saturated rings. The van der Waals surface area contributed by atoms with Gasteiger partial charge in [-0.2, -0.15) is 0 Å². The maximum Gasteiger partial charge on any atom is 0.189 e. The first-order chi connectivity index (χ1) is 7.54. The van der Waals surface area contributed by atoms with E-state index in [4.69, 9.17) is 27.9 Å². The molecule has 0 spiro atoms. The van der Waals surface area contributed by atoms with Crippen LogP contribution in [0.25, 0.3) is 0 Å².